The third kappa shape index (κ3) is 15.1. The molecule has 0 heterocycles. The number of hydrogen-bond donors (Lipinski definition) is 1. The number of carbonyl (C=O) groups is 3. The Kier molecular flexibility index (Phi) is 19.4. The topological polar surface area (TPSA) is 81.7 Å². The molecule has 0 aromatic rings. The first-order chi connectivity index (χ1) is 12.0. The number of halogens is 1. The summed E-state index contributed by atoms with van der Waals surface area (Å²) in [5.41, 5.74) is 0. The van der Waals surface area contributed by atoms with Crippen LogP contribution in [-0.4, -0.2) is 44.5 Å². The minimum absolute atomic E-state index is 0. The van der Waals surface area contributed by atoms with Crippen molar-refractivity contribution in [2.45, 2.75) is 83.6 Å². The number of Topliss-reactive ketones (excluding diaryl/α,β-unsaturated/α-hetero) is 1. The largest absolute Gasteiger partial charge is 0.469 e. The predicted octanol–water partition coefficient (Wildman–Crippen LogP) is 3.59. The maximum absolute atomic E-state index is 11.8. The highest BCUT2D eigenvalue weighted by Gasteiger charge is 2.18. The Labute approximate surface area is 164 Å². The standard InChI is InChI=1S/C19H35NO5.ClH/c1-4-5-8-11-16(21)14-15-20-17(19(23)25-3)12-9-6-7-10-13-18(22)24-2;/h17,20H,4-15H2,1-3H3;1H. The van der Waals surface area contributed by atoms with E-state index in [4.69, 9.17) is 4.74 Å². The van der Waals surface area contributed by atoms with Gasteiger partial charge in [0.1, 0.15) is 11.8 Å². The Morgan fingerprint density at radius 1 is 0.846 bits per heavy atom. The van der Waals surface area contributed by atoms with E-state index in [9.17, 15) is 14.4 Å². The Hall–Kier alpha value is -1.14. The number of carbonyl (C=O) groups excluding carboxylic acids is 3. The van der Waals surface area contributed by atoms with Crippen LogP contribution in [0.25, 0.3) is 0 Å². The van der Waals surface area contributed by atoms with Crippen molar-refractivity contribution in [2.75, 3.05) is 20.8 Å². The van der Waals surface area contributed by atoms with Crippen LogP contribution in [0.3, 0.4) is 0 Å². The molecule has 0 rings (SSSR count). The summed E-state index contributed by atoms with van der Waals surface area (Å²) in [6.45, 7) is 2.62. The van der Waals surface area contributed by atoms with Gasteiger partial charge in [-0.3, -0.25) is 14.4 Å². The van der Waals surface area contributed by atoms with Gasteiger partial charge in [-0.25, -0.2) is 0 Å². The Morgan fingerprint density at radius 2 is 1.50 bits per heavy atom. The van der Waals surface area contributed by atoms with Gasteiger partial charge in [0.15, 0.2) is 0 Å². The van der Waals surface area contributed by atoms with E-state index >= 15 is 0 Å². The van der Waals surface area contributed by atoms with Crippen molar-refractivity contribution in [3.8, 4) is 0 Å². The molecule has 6 nitrogen and oxygen atoms in total. The lowest BCUT2D eigenvalue weighted by molar-refractivity contribution is -0.143. The van der Waals surface area contributed by atoms with E-state index in [1.54, 1.807) is 0 Å². The molecule has 0 radical (unpaired) electrons. The molecule has 7 heteroatoms. The van der Waals surface area contributed by atoms with E-state index < -0.39 is 0 Å². The van der Waals surface area contributed by atoms with Gasteiger partial charge in [0.05, 0.1) is 14.2 Å². The maximum atomic E-state index is 11.8. The van der Waals surface area contributed by atoms with Gasteiger partial charge in [-0.2, -0.15) is 0 Å². The average Bonchev–Trinajstić information content (AvgIpc) is 2.62. The van der Waals surface area contributed by atoms with Crippen molar-refractivity contribution in [1.82, 2.24) is 5.32 Å². The second-order valence-electron chi connectivity index (χ2n) is 6.30. The zero-order valence-electron chi connectivity index (χ0n) is 16.5. The fourth-order valence-electron chi connectivity index (χ4n) is 2.60. The second-order valence-corrected chi connectivity index (χ2v) is 6.30. The van der Waals surface area contributed by atoms with Crippen LogP contribution in [0.1, 0.15) is 77.6 Å². The number of nitrogens with one attached hydrogen (secondary N) is 1. The van der Waals surface area contributed by atoms with Gasteiger partial charge < -0.3 is 14.8 Å². The highest BCUT2D eigenvalue weighted by molar-refractivity contribution is 5.85. The van der Waals surface area contributed by atoms with Crippen LogP contribution in [0.4, 0.5) is 0 Å². The molecule has 154 valence electrons. The lowest BCUT2D eigenvalue weighted by Crippen LogP contribution is -2.38. The van der Waals surface area contributed by atoms with Crippen LogP contribution in [0.15, 0.2) is 0 Å². The smallest absolute Gasteiger partial charge is 0.322 e. The summed E-state index contributed by atoms with van der Waals surface area (Å²) in [7, 11) is 2.77. The first kappa shape index (κ1) is 27.1. The minimum Gasteiger partial charge on any atom is -0.469 e. The predicted molar refractivity (Wildman–Crippen MR) is 105 cm³/mol. The first-order valence-corrected chi connectivity index (χ1v) is 9.44. The van der Waals surface area contributed by atoms with Gasteiger partial charge in [0.25, 0.3) is 0 Å². The maximum Gasteiger partial charge on any atom is 0.322 e. The molecule has 0 aliphatic heterocycles. The van der Waals surface area contributed by atoms with Crippen LogP contribution >= 0.6 is 12.4 Å². The molecule has 1 atom stereocenters. The molecule has 1 unspecified atom stereocenters. The van der Waals surface area contributed by atoms with Crippen molar-refractivity contribution >= 4 is 30.1 Å². The molecule has 26 heavy (non-hydrogen) atoms. The van der Waals surface area contributed by atoms with Crippen molar-refractivity contribution < 1.29 is 23.9 Å². The van der Waals surface area contributed by atoms with Crippen LogP contribution in [0.2, 0.25) is 0 Å². The van der Waals surface area contributed by atoms with E-state index in [0.717, 1.165) is 44.9 Å². The number of unbranched alkanes of at least 4 members (excludes halogenated alkanes) is 5. The van der Waals surface area contributed by atoms with Crippen molar-refractivity contribution in [3.05, 3.63) is 0 Å². The third-order valence-corrected chi connectivity index (χ3v) is 4.19. The number of esters is 2. The number of ether oxygens (including phenoxy) is 2. The fourth-order valence-corrected chi connectivity index (χ4v) is 2.60. The van der Waals surface area contributed by atoms with Gasteiger partial charge in [-0.15, -0.1) is 12.4 Å². The van der Waals surface area contributed by atoms with E-state index in [0.29, 0.717) is 32.2 Å². The van der Waals surface area contributed by atoms with Crippen LogP contribution in [0, 0.1) is 0 Å². The molecule has 0 aliphatic carbocycles. The molecule has 0 amide bonds. The van der Waals surface area contributed by atoms with E-state index in [1.165, 1.54) is 14.2 Å². The molecule has 0 aromatic heterocycles. The third-order valence-electron chi connectivity index (χ3n) is 4.19. The monoisotopic (exact) mass is 393 g/mol. The van der Waals surface area contributed by atoms with Gasteiger partial charge in [-0.1, -0.05) is 39.0 Å². The summed E-state index contributed by atoms with van der Waals surface area (Å²) >= 11 is 0. The van der Waals surface area contributed by atoms with E-state index in [-0.39, 0.29) is 36.2 Å². The Bertz CT molecular complexity index is 390. The zero-order chi connectivity index (χ0) is 18.9. The van der Waals surface area contributed by atoms with Crippen LogP contribution in [-0.2, 0) is 23.9 Å². The summed E-state index contributed by atoms with van der Waals surface area (Å²) < 4.78 is 9.42. The number of rotatable bonds is 16. The molecule has 0 spiro atoms. The zero-order valence-corrected chi connectivity index (χ0v) is 17.3. The molecular weight excluding hydrogens is 358 g/mol. The molecule has 0 fully saturated rings. The number of ketones is 1. The van der Waals surface area contributed by atoms with Crippen LogP contribution < -0.4 is 5.32 Å². The van der Waals surface area contributed by atoms with Crippen molar-refractivity contribution in [1.29, 1.82) is 0 Å². The van der Waals surface area contributed by atoms with Crippen molar-refractivity contribution in [2.24, 2.45) is 0 Å². The summed E-state index contributed by atoms with van der Waals surface area (Å²) in [6, 6.07) is -0.367. The molecule has 0 saturated carbocycles. The molecule has 0 aromatic carbocycles. The normalized spacial score (nSPS) is 11.3. The molecule has 0 aliphatic rings. The average molecular weight is 394 g/mol. The van der Waals surface area contributed by atoms with E-state index in [2.05, 4.69) is 17.0 Å². The molecular formula is C19H36ClNO5. The minimum atomic E-state index is -0.367. The lowest BCUT2D eigenvalue weighted by Gasteiger charge is -2.16. The summed E-state index contributed by atoms with van der Waals surface area (Å²) in [4.78, 5) is 34.6. The molecule has 0 saturated heterocycles. The van der Waals surface area contributed by atoms with Gasteiger partial charge >= 0.3 is 11.9 Å². The highest BCUT2D eigenvalue weighted by Crippen LogP contribution is 2.09. The lowest BCUT2D eigenvalue weighted by atomic mass is 10.1. The summed E-state index contributed by atoms with van der Waals surface area (Å²) in [5.74, 6) is -0.224. The number of hydrogen-bond acceptors (Lipinski definition) is 6. The fraction of sp³-hybridized carbons (Fsp3) is 0.842. The summed E-state index contributed by atoms with van der Waals surface area (Å²) in [6.07, 6.45) is 8.88. The van der Waals surface area contributed by atoms with Gasteiger partial charge in [0, 0.05) is 25.8 Å². The molecule has 0 bridgehead atoms. The van der Waals surface area contributed by atoms with Crippen molar-refractivity contribution in [3.63, 3.8) is 0 Å². The number of methoxy groups -OCH3 is 2. The summed E-state index contributed by atoms with van der Waals surface area (Å²) in [5, 5.41) is 3.14. The second kappa shape index (κ2) is 18.6. The Balaban J connectivity index is 0. The first-order valence-electron chi connectivity index (χ1n) is 9.44. The SMILES string of the molecule is CCCCCC(=O)CCNC(CCCCCCC(=O)OC)C(=O)OC.Cl. The van der Waals surface area contributed by atoms with E-state index in [1.807, 2.05) is 0 Å². The quantitative estimate of drug-likeness (QED) is 0.319. The molecule has 1 N–H and O–H groups in total. The van der Waals surface area contributed by atoms with Gasteiger partial charge in [-0.05, 0) is 19.3 Å². The highest BCUT2D eigenvalue weighted by atomic mass is 35.5. The Morgan fingerprint density at radius 3 is 2.12 bits per heavy atom. The van der Waals surface area contributed by atoms with Gasteiger partial charge in [0.2, 0.25) is 0 Å². The van der Waals surface area contributed by atoms with Crippen LogP contribution in [0.5, 0.6) is 0 Å².